The van der Waals surface area contributed by atoms with Crippen molar-refractivity contribution in [1.29, 1.82) is 0 Å². The topological polar surface area (TPSA) is 0 Å². The van der Waals surface area contributed by atoms with Gasteiger partial charge in [-0.15, -0.1) is 0 Å². The second-order valence-corrected chi connectivity index (χ2v) is 1.66. The maximum Gasteiger partial charge on any atom is 0.0716 e. The van der Waals surface area contributed by atoms with E-state index in [1.54, 1.807) is 0 Å². The van der Waals surface area contributed by atoms with Gasteiger partial charge in [-0.1, -0.05) is 0 Å². The maximum absolute atomic E-state index is 2.16. The van der Waals surface area contributed by atoms with Crippen LogP contribution in [0.4, 0.5) is 0 Å². The molecular formula is C7H9+. The highest BCUT2D eigenvalue weighted by molar-refractivity contribution is 5.29. The number of hydrogen-bond donors (Lipinski definition) is 0. The quantitative estimate of drug-likeness (QED) is 0.402. The lowest BCUT2D eigenvalue weighted by molar-refractivity contribution is 1.30. The van der Waals surface area contributed by atoms with E-state index < -0.39 is 0 Å². The summed E-state index contributed by atoms with van der Waals surface area (Å²) < 4.78 is 0. The van der Waals surface area contributed by atoms with Crippen molar-refractivity contribution in [1.82, 2.24) is 0 Å². The van der Waals surface area contributed by atoms with Gasteiger partial charge in [0, 0.05) is 24.6 Å². The molecule has 36 valence electrons. The molecule has 0 saturated carbocycles. The fourth-order valence-electron chi connectivity index (χ4n) is 0.678. The lowest BCUT2D eigenvalue weighted by atomic mass is 10.2. The van der Waals surface area contributed by atoms with Crippen LogP contribution in [0.25, 0.3) is 0 Å². The molecule has 0 N–H and O–H groups in total. The lowest BCUT2D eigenvalue weighted by Crippen LogP contribution is -1.67. The fourth-order valence-corrected chi connectivity index (χ4v) is 0.678. The molecule has 0 amide bonds. The Labute approximate surface area is 44.5 Å². The van der Waals surface area contributed by atoms with Crippen LogP contribution in [0.5, 0.6) is 0 Å². The van der Waals surface area contributed by atoms with Gasteiger partial charge in [-0.05, 0) is 6.92 Å². The second kappa shape index (κ2) is 1.87. The summed E-state index contributed by atoms with van der Waals surface area (Å²) in [7, 11) is 0. The van der Waals surface area contributed by atoms with E-state index in [-0.39, 0.29) is 0 Å². The van der Waals surface area contributed by atoms with Crippen molar-refractivity contribution in [3.8, 4) is 0 Å². The SMILES string of the molecule is C/C=C1\[CH+]C=CC1. The van der Waals surface area contributed by atoms with E-state index in [0.29, 0.717) is 0 Å². The van der Waals surface area contributed by atoms with E-state index in [1.807, 2.05) is 0 Å². The third-order valence-corrected chi connectivity index (χ3v) is 1.17. The summed E-state index contributed by atoms with van der Waals surface area (Å²) >= 11 is 0. The fraction of sp³-hybridized carbons (Fsp3) is 0.286. The van der Waals surface area contributed by atoms with Crippen LogP contribution in [0.15, 0.2) is 23.8 Å². The zero-order chi connectivity index (χ0) is 5.11. The van der Waals surface area contributed by atoms with Crippen molar-refractivity contribution < 1.29 is 0 Å². The summed E-state index contributed by atoms with van der Waals surface area (Å²) in [6.07, 6.45) is 9.67. The predicted molar refractivity (Wildman–Crippen MR) is 31.8 cm³/mol. The molecule has 0 fully saturated rings. The minimum atomic E-state index is 1.14. The summed E-state index contributed by atoms with van der Waals surface area (Å²) in [5.74, 6) is 0. The molecule has 1 aliphatic carbocycles. The van der Waals surface area contributed by atoms with Gasteiger partial charge in [0.05, 0.1) is 12.0 Å². The van der Waals surface area contributed by atoms with Gasteiger partial charge < -0.3 is 0 Å². The zero-order valence-corrected chi connectivity index (χ0v) is 4.52. The van der Waals surface area contributed by atoms with Crippen LogP contribution >= 0.6 is 0 Å². The van der Waals surface area contributed by atoms with Crippen molar-refractivity contribution >= 4 is 0 Å². The van der Waals surface area contributed by atoms with Crippen molar-refractivity contribution in [2.24, 2.45) is 0 Å². The van der Waals surface area contributed by atoms with Crippen molar-refractivity contribution in [2.75, 3.05) is 0 Å². The van der Waals surface area contributed by atoms with E-state index in [2.05, 4.69) is 31.6 Å². The molecule has 1 aliphatic rings. The largest absolute Gasteiger partial charge is 0.0716 e. The number of hydrogen-bond acceptors (Lipinski definition) is 0. The molecule has 0 aromatic rings. The normalized spacial score (nSPS) is 23.3. The van der Waals surface area contributed by atoms with Crippen LogP contribution in [0.2, 0.25) is 0 Å². The molecule has 7 heavy (non-hydrogen) atoms. The van der Waals surface area contributed by atoms with Crippen LogP contribution in [-0.2, 0) is 0 Å². The van der Waals surface area contributed by atoms with Crippen molar-refractivity contribution in [3.63, 3.8) is 0 Å². The predicted octanol–water partition coefficient (Wildman–Crippen LogP) is 2.10. The smallest absolute Gasteiger partial charge is 0.000941 e. The molecule has 0 heteroatoms. The van der Waals surface area contributed by atoms with E-state index in [4.69, 9.17) is 0 Å². The van der Waals surface area contributed by atoms with Gasteiger partial charge in [0.1, 0.15) is 0 Å². The summed E-state index contributed by atoms with van der Waals surface area (Å²) in [6, 6.07) is 0. The molecule has 0 saturated heterocycles. The highest BCUT2D eigenvalue weighted by Crippen LogP contribution is 2.13. The first-order valence-electron chi connectivity index (χ1n) is 2.58. The molecule has 0 spiro atoms. The molecule has 1 rings (SSSR count). The number of allylic oxidation sites excluding steroid dienone is 4. The summed E-state index contributed by atoms with van der Waals surface area (Å²) in [5.41, 5.74) is 1.43. The highest BCUT2D eigenvalue weighted by Gasteiger charge is 2.04. The number of rotatable bonds is 0. The highest BCUT2D eigenvalue weighted by atomic mass is 14.0. The monoisotopic (exact) mass is 93.1 g/mol. The molecule has 0 bridgehead atoms. The third-order valence-electron chi connectivity index (χ3n) is 1.17. The Morgan fingerprint density at radius 1 is 1.86 bits per heavy atom. The van der Waals surface area contributed by atoms with Gasteiger partial charge in [-0.25, -0.2) is 0 Å². The Bertz CT molecular complexity index is 97.2. The molecule has 0 aromatic heterocycles. The molecule has 0 radical (unpaired) electrons. The Balaban J connectivity index is 2.51. The van der Waals surface area contributed by atoms with Gasteiger partial charge >= 0.3 is 0 Å². The Morgan fingerprint density at radius 2 is 2.71 bits per heavy atom. The first kappa shape index (κ1) is 4.51. The van der Waals surface area contributed by atoms with Crippen molar-refractivity contribution in [3.05, 3.63) is 30.2 Å². The average Bonchev–Trinajstić information content (AvgIpc) is 2.14. The molecular weight excluding hydrogens is 84.1 g/mol. The van der Waals surface area contributed by atoms with Gasteiger partial charge in [0.25, 0.3) is 0 Å². The maximum atomic E-state index is 2.16. The average molecular weight is 93.1 g/mol. The standard InChI is InChI=1S/C7H9/c1-2-7-5-3-4-6-7/h2-5H,6H2,1H3/q+1/b7-2+. The van der Waals surface area contributed by atoms with E-state index >= 15 is 0 Å². The van der Waals surface area contributed by atoms with Crippen molar-refractivity contribution in [2.45, 2.75) is 13.3 Å². The summed E-state index contributed by atoms with van der Waals surface area (Å²) in [6.45, 7) is 2.07. The van der Waals surface area contributed by atoms with Crippen LogP contribution < -0.4 is 0 Å². The van der Waals surface area contributed by atoms with Gasteiger partial charge in [-0.3, -0.25) is 0 Å². The molecule has 0 aliphatic heterocycles. The van der Waals surface area contributed by atoms with Gasteiger partial charge in [0.2, 0.25) is 0 Å². The zero-order valence-electron chi connectivity index (χ0n) is 4.52. The summed E-state index contributed by atoms with van der Waals surface area (Å²) in [5, 5.41) is 0. The van der Waals surface area contributed by atoms with Gasteiger partial charge in [0.15, 0.2) is 0 Å². The minimum Gasteiger partial charge on any atom is -0.000941 e. The molecule has 0 unspecified atom stereocenters. The van der Waals surface area contributed by atoms with Gasteiger partial charge in [-0.2, -0.15) is 0 Å². The molecule has 0 aromatic carbocycles. The minimum absolute atomic E-state index is 1.14. The Morgan fingerprint density at radius 3 is 3.00 bits per heavy atom. The molecule has 0 atom stereocenters. The van der Waals surface area contributed by atoms with Crippen LogP contribution in [-0.4, -0.2) is 0 Å². The summed E-state index contributed by atoms with van der Waals surface area (Å²) in [4.78, 5) is 0. The third kappa shape index (κ3) is 0.861. The molecule has 0 nitrogen and oxygen atoms in total. The first-order chi connectivity index (χ1) is 3.43. The molecule has 0 heterocycles. The second-order valence-electron chi connectivity index (χ2n) is 1.66. The Kier molecular flexibility index (Phi) is 1.21. The first-order valence-corrected chi connectivity index (χ1v) is 2.58. The van der Waals surface area contributed by atoms with Crippen LogP contribution in [0.3, 0.4) is 0 Å². The Hall–Kier alpha value is -0.650. The lowest BCUT2D eigenvalue weighted by Gasteiger charge is -1.76. The van der Waals surface area contributed by atoms with Crippen LogP contribution in [0.1, 0.15) is 13.3 Å². The van der Waals surface area contributed by atoms with E-state index in [0.717, 1.165) is 6.42 Å². The van der Waals surface area contributed by atoms with Crippen LogP contribution in [0, 0.1) is 6.42 Å². The van der Waals surface area contributed by atoms with E-state index in [9.17, 15) is 0 Å². The van der Waals surface area contributed by atoms with E-state index in [1.165, 1.54) is 5.57 Å².